The molecule has 2 aromatic rings. The number of carbonyl (C=O) groups excluding carboxylic acids is 4. The van der Waals surface area contributed by atoms with Crippen LogP contribution >= 0.6 is 11.3 Å². The van der Waals surface area contributed by atoms with Crippen LogP contribution in [0, 0.1) is 6.92 Å². The Morgan fingerprint density at radius 1 is 1.04 bits per heavy atom. The van der Waals surface area contributed by atoms with E-state index in [4.69, 9.17) is 4.74 Å². The van der Waals surface area contributed by atoms with Gasteiger partial charge in [-0.2, -0.15) is 0 Å². The summed E-state index contributed by atoms with van der Waals surface area (Å²) < 4.78 is 4.92. The molecule has 148 valence electrons. The van der Waals surface area contributed by atoms with Gasteiger partial charge in [-0.1, -0.05) is 30.3 Å². The molecule has 1 aromatic carbocycles. The van der Waals surface area contributed by atoms with E-state index in [1.807, 2.05) is 43.3 Å². The molecule has 0 fully saturated rings. The molecular weight excluding hydrogens is 378 g/mol. The van der Waals surface area contributed by atoms with Crippen molar-refractivity contribution in [2.75, 3.05) is 6.61 Å². The first-order valence-corrected chi connectivity index (χ1v) is 9.76. The Kier molecular flexibility index (Phi) is 8.07. The fourth-order valence-electron chi connectivity index (χ4n) is 2.52. The van der Waals surface area contributed by atoms with E-state index in [1.165, 1.54) is 18.3 Å². The first-order chi connectivity index (χ1) is 13.3. The van der Waals surface area contributed by atoms with Gasteiger partial charge in [0.1, 0.15) is 0 Å². The van der Waals surface area contributed by atoms with Gasteiger partial charge in [-0.05, 0) is 38.0 Å². The second kappa shape index (κ2) is 10.5. The summed E-state index contributed by atoms with van der Waals surface area (Å²) in [6, 6.07) is 12.2. The van der Waals surface area contributed by atoms with Crippen LogP contribution in [0.1, 0.15) is 39.9 Å². The summed E-state index contributed by atoms with van der Waals surface area (Å²) in [7, 11) is 0. The zero-order valence-electron chi connectivity index (χ0n) is 15.9. The smallest absolute Gasteiger partial charge is 0.306 e. The summed E-state index contributed by atoms with van der Waals surface area (Å²) in [6.07, 6.45) is 0.304. The molecule has 1 aromatic heterocycles. The fraction of sp³-hybridized carbons (Fsp3) is 0.333. The van der Waals surface area contributed by atoms with Crippen molar-refractivity contribution < 1.29 is 23.9 Å². The van der Waals surface area contributed by atoms with Crippen LogP contribution in [0.15, 0.2) is 42.5 Å². The van der Waals surface area contributed by atoms with Gasteiger partial charge >= 0.3 is 5.97 Å². The molecule has 1 amide bonds. The molecule has 1 heterocycles. The largest absolute Gasteiger partial charge is 0.456 e. The number of ether oxygens (including phenoxy) is 1. The van der Waals surface area contributed by atoms with Gasteiger partial charge in [0.25, 0.3) is 5.91 Å². The van der Waals surface area contributed by atoms with Crippen molar-refractivity contribution in [2.45, 2.75) is 39.2 Å². The Balaban J connectivity index is 1.74. The highest BCUT2D eigenvalue weighted by molar-refractivity contribution is 7.14. The molecule has 6 nitrogen and oxygen atoms in total. The normalized spacial score (nSPS) is 11.5. The minimum Gasteiger partial charge on any atom is -0.456 e. The second-order valence-electron chi connectivity index (χ2n) is 6.41. The molecule has 7 heteroatoms. The summed E-state index contributed by atoms with van der Waals surface area (Å²) in [5, 5.41) is 2.58. The summed E-state index contributed by atoms with van der Waals surface area (Å²) in [5.41, 5.74) is 0.919. The molecule has 2 rings (SSSR count). The van der Waals surface area contributed by atoms with E-state index in [2.05, 4.69) is 5.32 Å². The van der Waals surface area contributed by atoms with Crippen LogP contribution in [-0.4, -0.2) is 36.1 Å². The maximum Gasteiger partial charge on any atom is 0.306 e. The molecule has 0 bridgehead atoms. The van der Waals surface area contributed by atoms with Crippen LogP contribution in [0.25, 0.3) is 0 Å². The highest BCUT2D eigenvalue weighted by Crippen LogP contribution is 2.17. The third kappa shape index (κ3) is 7.08. The molecule has 1 N–H and O–H groups in total. The van der Waals surface area contributed by atoms with Crippen LogP contribution in [0.5, 0.6) is 0 Å². The average Bonchev–Trinajstić information content (AvgIpc) is 3.11. The summed E-state index contributed by atoms with van der Waals surface area (Å²) >= 11 is 1.38. The topological polar surface area (TPSA) is 89.5 Å². The first-order valence-electron chi connectivity index (χ1n) is 8.94. The number of nitrogens with one attached hydrogen (secondary N) is 1. The molecule has 1 atom stereocenters. The Labute approximate surface area is 167 Å². The minimum absolute atomic E-state index is 0.0322. The molecule has 0 aliphatic heterocycles. The van der Waals surface area contributed by atoms with Gasteiger partial charge in [0.15, 0.2) is 18.2 Å². The number of esters is 1. The fourth-order valence-corrected chi connectivity index (χ4v) is 3.36. The number of ketones is 2. The van der Waals surface area contributed by atoms with Crippen molar-refractivity contribution in [3.05, 3.63) is 57.8 Å². The molecule has 28 heavy (non-hydrogen) atoms. The van der Waals surface area contributed by atoms with Crippen molar-refractivity contribution in [3.63, 3.8) is 0 Å². The van der Waals surface area contributed by atoms with Crippen molar-refractivity contribution in [3.8, 4) is 0 Å². The Morgan fingerprint density at radius 3 is 2.36 bits per heavy atom. The van der Waals surface area contributed by atoms with Crippen molar-refractivity contribution in [1.82, 2.24) is 5.32 Å². The van der Waals surface area contributed by atoms with Gasteiger partial charge in [0, 0.05) is 11.3 Å². The van der Waals surface area contributed by atoms with Gasteiger partial charge in [-0.3, -0.25) is 19.2 Å². The zero-order chi connectivity index (χ0) is 20.5. The average molecular weight is 401 g/mol. The lowest BCUT2D eigenvalue weighted by Crippen LogP contribution is -2.43. The zero-order valence-corrected chi connectivity index (χ0v) is 16.7. The monoisotopic (exact) mass is 401 g/mol. The second-order valence-corrected chi connectivity index (χ2v) is 7.70. The van der Waals surface area contributed by atoms with Gasteiger partial charge in [0.2, 0.25) is 0 Å². The number of Topliss-reactive ketones (excluding diaryl/α,β-unsaturated/α-hetero) is 2. The third-order valence-corrected chi connectivity index (χ3v) is 5.09. The lowest BCUT2D eigenvalue weighted by atomic mass is 10.0. The van der Waals surface area contributed by atoms with Crippen molar-refractivity contribution >= 4 is 34.8 Å². The number of hydrogen-bond donors (Lipinski definition) is 1. The Morgan fingerprint density at radius 2 is 1.75 bits per heavy atom. The predicted molar refractivity (Wildman–Crippen MR) is 106 cm³/mol. The van der Waals surface area contributed by atoms with Gasteiger partial charge in [0.05, 0.1) is 17.3 Å². The predicted octanol–water partition coefficient (Wildman–Crippen LogP) is 2.88. The molecule has 0 spiro atoms. The Hall–Kier alpha value is -2.80. The van der Waals surface area contributed by atoms with Gasteiger partial charge < -0.3 is 10.1 Å². The number of rotatable bonds is 10. The van der Waals surface area contributed by atoms with E-state index in [-0.39, 0.29) is 24.4 Å². The lowest BCUT2D eigenvalue weighted by Gasteiger charge is -2.16. The molecule has 0 aliphatic carbocycles. The van der Waals surface area contributed by atoms with Crippen LogP contribution in [-0.2, 0) is 25.5 Å². The van der Waals surface area contributed by atoms with E-state index in [0.717, 1.165) is 10.4 Å². The van der Waals surface area contributed by atoms with Gasteiger partial charge in [-0.15, -0.1) is 11.3 Å². The molecule has 1 unspecified atom stereocenters. The van der Waals surface area contributed by atoms with Gasteiger partial charge in [-0.25, -0.2) is 0 Å². The summed E-state index contributed by atoms with van der Waals surface area (Å²) in [6.45, 7) is 2.82. The van der Waals surface area contributed by atoms with Crippen molar-refractivity contribution in [1.29, 1.82) is 0 Å². The standard InChI is InChI=1S/C21H23NO5S/c1-14-8-10-19(28-14)18(24)9-11-21(26)27-13-20(25)22-17(15(2)23)12-16-6-4-3-5-7-16/h3-8,10,17H,9,11-13H2,1-2H3,(H,22,25). The van der Waals surface area contributed by atoms with Crippen LogP contribution < -0.4 is 5.32 Å². The number of thiophene rings is 1. The SMILES string of the molecule is CC(=O)C(Cc1ccccc1)NC(=O)COC(=O)CCC(=O)c1ccc(C)s1. The van der Waals surface area contributed by atoms with E-state index in [0.29, 0.717) is 11.3 Å². The quantitative estimate of drug-likeness (QED) is 0.488. The first kappa shape index (κ1) is 21.5. The molecule has 0 saturated heterocycles. The van der Waals surface area contributed by atoms with Crippen LogP contribution in [0.2, 0.25) is 0 Å². The maximum absolute atomic E-state index is 12.0. The number of amides is 1. The molecule has 0 aliphatic rings. The highest BCUT2D eigenvalue weighted by atomic mass is 32.1. The Bertz CT molecular complexity index is 843. The summed E-state index contributed by atoms with van der Waals surface area (Å²) in [4.78, 5) is 49.2. The molecule has 0 saturated carbocycles. The molecular formula is C21H23NO5S. The van der Waals surface area contributed by atoms with Crippen molar-refractivity contribution in [2.24, 2.45) is 0 Å². The van der Waals surface area contributed by atoms with E-state index >= 15 is 0 Å². The van der Waals surface area contributed by atoms with E-state index in [1.54, 1.807) is 6.07 Å². The van der Waals surface area contributed by atoms with E-state index in [9.17, 15) is 19.2 Å². The summed E-state index contributed by atoms with van der Waals surface area (Å²) in [5.74, 6) is -1.48. The number of aryl methyl sites for hydroxylation is 1. The third-order valence-electron chi connectivity index (χ3n) is 4.04. The lowest BCUT2D eigenvalue weighted by molar-refractivity contribution is -0.148. The van der Waals surface area contributed by atoms with Crippen LogP contribution in [0.3, 0.4) is 0 Å². The number of carbonyl (C=O) groups is 4. The van der Waals surface area contributed by atoms with E-state index < -0.39 is 24.5 Å². The highest BCUT2D eigenvalue weighted by Gasteiger charge is 2.19. The number of benzene rings is 1. The molecule has 0 radical (unpaired) electrons. The minimum atomic E-state index is -0.683. The van der Waals surface area contributed by atoms with Crippen LogP contribution in [0.4, 0.5) is 0 Å². The maximum atomic E-state index is 12.0. The number of hydrogen-bond acceptors (Lipinski definition) is 6.